The molecule has 4 heteroatoms. The fourth-order valence-electron chi connectivity index (χ4n) is 1.71. The van der Waals surface area contributed by atoms with Gasteiger partial charge in [-0.2, -0.15) is 5.10 Å². The van der Waals surface area contributed by atoms with E-state index in [0.717, 1.165) is 23.4 Å². The van der Waals surface area contributed by atoms with Gasteiger partial charge in [0.05, 0.1) is 6.20 Å². The number of benzene rings is 1. The number of nitrogens with zero attached hydrogens (tertiary/aromatic N) is 2. The summed E-state index contributed by atoms with van der Waals surface area (Å²) in [6, 6.07) is 7.91. The molecule has 0 saturated heterocycles. The molecule has 1 aromatic heterocycles. The third-order valence-electron chi connectivity index (χ3n) is 2.80. The maximum absolute atomic E-state index is 5.84. The average Bonchev–Trinajstić information content (AvgIpc) is 2.84. The molecule has 0 amide bonds. The fraction of sp³-hybridized carbons (Fsp3) is 0.357. The summed E-state index contributed by atoms with van der Waals surface area (Å²) in [7, 11) is 0. The van der Waals surface area contributed by atoms with Crippen molar-refractivity contribution in [2.75, 3.05) is 0 Å². The minimum Gasteiger partial charge on any atom is -0.489 e. The lowest BCUT2D eigenvalue weighted by Crippen LogP contribution is -2.05. The quantitative estimate of drug-likeness (QED) is 0.880. The van der Waals surface area contributed by atoms with Gasteiger partial charge in [0, 0.05) is 24.3 Å². The molecule has 0 radical (unpaired) electrons. The van der Waals surface area contributed by atoms with Gasteiger partial charge in [0.1, 0.15) is 12.4 Å². The zero-order chi connectivity index (χ0) is 13.0. The number of nitrogens with two attached hydrogens (primary N) is 1. The smallest absolute Gasteiger partial charge is 0.120 e. The summed E-state index contributed by atoms with van der Waals surface area (Å²) in [6.07, 6.45) is 3.83. The Morgan fingerprint density at radius 3 is 2.94 bits per heavy atom. The molecular formula is C14H19N3O. The Kier molecular flexibility index (Phi) is 3.99. The van der Waals surface area contributed by atoms with Crippen LogP contribution in [0.4, 0.5) is 0 Å². The summed E-state index contributed by atoms with van der Waals surface area (Å²) >= 11 is 0. The Morgan fingerprint density at radius 1 is 1.44 bits per heavy atom. The van der Waals surface area contributed by atoms with Crippen molar-refractivity contribution in [3.8, 4) is 5.75 Å². The van der Waals surface area contributed by atoms with E-state index in [1.54, 1.807) is 0 Å². The van der Waals surface area contributed by atoms with Crippen molar-refractivity contribution < 1.29 is 4.74 Å². The second-order valence-electron chi connectivity index (χ2n) is 4.35. The van der Waals surface area contributed by atoms with Gasteiger partial charge in [-0.15, -0.1) is 0 Å². The highest BCUT2D eigenvalue weighted by molar-refractivity contribution is 5.30. The SMILES string of the molecule is CCn1cc(COc2cccc(C(C)N)c2)cn1. The normalized spacial score (nSPS) is 12.4. The van der Waals surface area contributed by atoms with Crippen LogP contribution in [0.25, 0.3) is 0 Å². The first-order chi connectivity index (χ1) is 8.69. The minimum absolute atomic E-state index is 0.0244. The van der Waals surface area contributed by atoms with Crippen molar-refractivity contribution in [2.24, 2.45) is 5.73 Å². The number of rotatable bonds is 5. The molecule has 0 aliphatic rings. The summed E-state index contributed by atoms with van der Waals surface area (Å²) in [5.74, 6) is 0.842. The topological polar surface area (TPSA) is 53.1 Å². The lowest BCUT2D eigenvalue weighted by molar-refractivity contribution is 0.305. The van der Waals surface area contributed by atoms with Gasteiger partial charge in [-0.05, 0) is 31.5 Å². The van der Waals surface area contributed by atoms with Crippen LogP contribution in [0.3, 0.4) is 0 Å². The van der Waals surface area contributed by atoms with E-state index in [1.165, 1.54) is 0 Å². The third kappa shape index (κ3) is 3.11. The van der Waals surface area contributed by atoms with Gasteiger partial charge in [0.2, 0.25) is 0 Å². The highest BCUT2D eigenvalue weighted by Crippen LogP contribution is 2.18. The first kappa shape index (κ1) is 12.6. The van der Waals surface area contributed by atoms with Crippen LogP contribution in [0.15, 0.2) is 36.7 Å². The molecule has 4 nitrogen and oxygen atoms in total. The van der Waals surface area contributed by atoms with Crippen LogP contribution >= 0.6 is 0 Å². The van der Waals surface area contributed by atoms with E-state index < -0.39 is 0 Å². The third-order valence-corrected chi connectivity index (χ3v) is 2.80. The summed E-state index contributed by atoms with van der Waals surface area (Å²) in [6.45, 7) is 5.43. The molecule has 96 valence electrons. The van der Waals surface area contributed by atoms with Crippen molar-refractivity contribution in [1.82, 2.24) is 9.78 Å². The highest BCUT2D eigenvalue weighted by atomic mass is 16.5. The van der Waals surface area contributed by atoms with Gasteiger partial charge in [0.15, 0.2) is 0 Å². The van der Waals surface area contributed by atoms with Gasteiger partial charge < -0.3 is 10.5 Å². The van der Waals surface area contributed by atoms with E-state index in [9.17, 15) is 0 Å². The maximum Gasteiger partial charge on any atom is 0.120 e. The highest BCUT2D eigenvalue weighted by Gasteiger charge is 2.02. The average molecular weight is 245 g/mol. The molecule has 0 aliphatic carbocycles. The van der Waals surface area contributed by atoms with Crippen molar-refractivity contribution in [3.63, 3.8) is 0 Å². The van der Waals surface area contributed by atoms with Gasteiger partial charge in [-0.1, -0.05) is 12.1 Å². The first-order valence-corrected chi connectivity index (χ1v) is 6.18. The monoisotopic (exact) mass is 245 g/mol. The van der Waals surface area contributed by atoms with Crippen molar-refractivity contribution >= 4 is 0 Å². The maximum atomic E-state index is 5.84. The molecule has 0 bridgehead atoms. The van der Waals surface area contributed by atoms with Crippen molar-refractivity contribution in [1.29, 1.82) is 0 Å². The predicted molar refractivity (Wildman–Crippen MR) is 71.3 cm³/mol. The molecule has 1 atom stereocenters. The molecule has 2 rings (SSSR count). The van der Waals surface area contributed by atoms with E-state index in [0.29, 0.717) is 6.61 Å². The van der Waals surface area contributed by atoms with Gasteiger partial charge in [-0.3, -0.25) is 4.68 Å². The fourth-order valence-corrected chi connectivity index (χ4v) is 1.71. The van der Waals surface area contributed by atoms with Crippen LogP contribution in [0, 0.1) is 0 Å². The number of hydrogen-bond acceptors (Lipinski definition) is 3. The van der Waals surface area contributed by atoms with E-state index in [2.05, 4.69) is 12.0 Å². The van der Waals surface area contributed by atoms with Crippen LogP contribution < -0.4 is 10.5 Å². The number of aryl methyl sites for hydroxylation is 1. The van der Waals surface area contributed by atoms with Crippen molar-refractivity contribution in [2.45, 2.75) is 33.0 Å². The molecule has 18 heavy (non-hydrogen) atoms. The molecule has 1 unspecified atom stereocenters. The lowest BCUT2D eigenvalue weighted by Gasteiger charge is -2.09. The van der Waals surface area contributed by atoms with Crippen LogP contribution in [0.1, 0.15) is 31.0 Å². The second-order valence-corrected chi connectivity index (χ2v) is 4.35. The Labute approximate surface area is 107 Å². The van der Waals surface area contributed by atoms with Gasteiger partial charge >= 0.3 is 0 Å². The minimum atomic E-state index is 0.0244. The van der Waals surface area contributed by atoms with Crippen LogP contribution in [0.2, 0.25) is 0 Å². The zero-order valence-electron chi connectivity index (χ0n) is 10.8. The number of hydrogen-bond donors (Lipinski definition) is 1. The standard InChI is InChI=1S/C14H19N3O/c1-3-17-9-12(8-16-17)10-18-14-6-4-5-13(7-14)11(2)15/h4-9,11H,3,10,15H2,1-2H3. The first-order valence-electron chi connectivity index (χ1n) is 6.18. The molecule has 2 aromatic rings. The molecule has 0 saturated carbocycles. The number of ether oxygens (including phenoxy) is 1. The molecule has 1 aromatic carbocycles. The largest absolute Gasteiger partial charge is 0.489 e. The summed E-state index contributed by atoms with van der Waals surface area (Å²) in [5.41, 5.74) is 7.99. The summed E-state index contributed by atoms with van der Waals surface area (Å²) in [5, 5.41) is 4.21. The zero-order valence-corrected chi connectivity index (χ0v) is 10.8. The van der Waals surface area contributed by atoms with Gasteiger partial charge in [-0.25, -0.2) is 0 Å². The van der Waals surface area contributed by atoms with E-state index >= 15 is 0 Å². The van der Waals surface area contributed by atoms with Crippen LogP contribution in [0.5, 0.6) is 5.75 Å². The van der Waals surface area contributed by atoms with E-state index in [-0.39, 0.29) is 6.04 Å². The molecular weight excluding hydrogens is 226 g/mol. The summed E-state index contributed by atoms with van der Waals surface area (Å²) < 4.78 is 7.62. The molecule has 0 spiro atoms. The molecule has 2 N–H and O–H groups in total. The summed E-state index contributed by atoms with van der Waals surface area (Å²) in [4.78, 5) is 0. The van der Waals surface area contributed by atoms with Crippen LogP contribution in [-0.2, 0) is 13.2 Å². The predicted octanol–water partition coefficient (Wildman–Crippen LogP) is 2.50. The van der Waals surface area contributed by atoms with Crippen LogP contribution in [-0.4, -0.2) is 9.78 Å². The Morgan fingerprint density at radius 2 is 2.28 bits per heavy atom. The molecule has 1 heterocycles. The van der Waals surface area contributed by atoms with E-state index in [1.807, 2.05) is 48.3 Å². The van der Waals surface area contributed by atoms with Gasteiger partial charge in [0.25, 0.3) is 0 Å². The number of aromatic nitrogens is 2. The second kappa shape index (κ2) is 5.69. The van der Waals surface area contributed by atoms with Crippen molar-refractivity contribution in [3.05, 3.63) is 47.8 Å². The Balaban J connectivity index is 1.99. The molecule has 0 aliphatic heterocycles. The molecule has 0 fully saturated rings. The lowest BCUT2D eigenvalue weighted by atomic mass is 10.1. The van der Waals surface area contributed by atoms with E-state index in [4.69, 9.17) is 10.5 Å². The Bertz CT molecular complexity index is 505. The Hall–Kier alpha value is -1.81.